The van der Waals surface area contributed by atoms with Gasteiger partial charge < -0.3 is 15.2 Å². The van der Waals surface area contributed by atoms with Crippen LogP contribution < -0.4 is 5.32 Å². The Bertz CT molecular complexity index is 205. The van der Waals surface area contributed by atoms with Crippen molar-refractivity contribution in [3.05, 3.63) is 0 Å². The highest BCUT2D eigenvalue weighted by molar-refractivity contribution is 5.73. The van der Waals surface area contributed by atoms with E-state index in [1.165, 1.54) is 0 Å². The van der Waals surface area contributed by atoms with Gasteiger partial charge in [0.1, 0.15) is 0 Å². The van der Waals surface area contributed by atoms with Crippen LogP contribution in [-0.2, 0) is 9.53 Å². The van der Waals surface area contributed by atoms with E-state index in [1.807, 2.05) is 0 Å². The number of alkyl halides is 2. The molecule has 1 aliphatic heterocycles. The SMILES string of the molecule is O=C(O)C(F)(F)OCC1CCNCC1. The molecule has 0 amide bonds. The summed E-state index contributed by atoms with van der Waals surface area (Å²) in [5, 5.41) is 11.2. The largest absolute Gasteiger partial charge is 0.475 e. The fourth-order valence-corrected chi connectivity index (χ4v) is 1.33. The first kappa shape index (κ1) is 11.3. The summed E-state index contributed by atoms with van der Waals surface area (Å²) in [6.07, 6.45) is -2.56. The molecule has 1 aliphatic rings. The van der Waals surface area contributed by atoms with Crippen molar-refractivity contribution < 1.29 is 23.4 Å². The van der Waals surface area contributed by atoms with Crippen LogP contribution in [0.3, 0.4) is 0 Å². The first-order valence-corrected chi connectivity index (χ1v) is 4.48. The normalized spacial score (nSPS) is 19.6. The zero-order valence-electron chi connectivity index (χ0n) is 7.63. The van der Waals surface area contributed by atoms with Gasteiger partial charge in [0.25, 0.3) is 0 Å². The van der Waals surface area contributed by atoms with E-state index in [0.29, 0.717) is 0 Å². The van der Waals surface area contributed by atoms with Crippen molar-refractivity contribution in [2.24, 2.45) is 5.92 Å². The van der Waals surface area contributed by atoms with Crippen molar-refractivity contribution in [2.75, 3.05) is 19.7 Å². The Kier molecular flexibility index (Phi) is 3.77. The first-order valence-electron chi connectivity index (χ1n) is 4.48. The minimum atomic E-state index is -4.05. The molecule has 1 fully saturated rings. The van der Waals surface area contributed by atoms with E-state index in [0.717, 1.165) is 25.9 Å². The van der Waals surface area contributed by atoms with E-state index in [9.17, 15) is 13.6 Å². The summed E-state index contributed by atoms with van der Waals surface area (Å²) >= 11 is 0. The van der Waals surface area contributed by atoms with Gasteiger partial charge in [-0.1, -0.05) is 0 Å². The summed E-state index contributed by atoms with van der Waals surface area (Å²) in [4.78, 5) is 10.0. The van der Waals surface area contributed by atoms with Gasteiger partial charge in [-0.2, -0.15) is 8.78 Å². The second kappa shape index (κ2) is 4.65. The molecule has 4 nitrogen and oxygen atoms in total. The molecule has 1 heterocycles. The Labute approximate surface area is 80.2 Å². The molecule has 2 N–H and O–H groups in total. The van der Waals surface area contributed by atoms with E-state index in [-0.39, 0.29) is 12.5 Å². The van der Waals surface area contributed by atoms with Gasteiger partial charge in [0, 0.05) is 0 Å². The number of nitrogens with one attached hydrogen (secondary N) is 1. The Morgan fingerprint density at radius 1 is 1.50 bits per heavy atom. The van der Waals surface area contributed by atoms with Crippen LogP contribution >= 0.6 is 0 Å². The fraction of sp³-hybridized carbons (Fsp3) is 0.875. The molecule has 0 radical (unpaired) electrons. The molecule has 0 aromatic carbocycles. The Hall–Kier alpha value is -0.750. The Balaban J connectivity index is 2.28. The molecule has 0 spiro atoms. The van der Waals surface area contributed by atoms with Gasteiger partial charge in [0.05, 0.1) is 6.61 Å². The van der Waals surface area contributed by atoms with Crippen molar-refractivity contribution in [1.29, 1.82) is 0 Å². The second-order valence-electron chi connectivity index (χ2n) is 3.33. The molecule has 0 bridgehead atoms. The predicted octanol–water partition coefficient (Wildman–Crippen LogP) is 0.680. The topological polar surface area (TPSA) is 58.6 Å². The van der Waals surface area contributed by atoms with Gasteiger partial charge in [-0.05, 0) is 31.8 Å². The monoisotopic (exact) mass is 209 g/mol. The van der Waals surface area contributed by atoms with Crippen molar-refractivity contribution in [3.8, 4) is 0 Å². The van der Waals surface area contributed by atoms with Crippen LogP contribution in [0, 0.1) is 5.92 Å². The third kappa shape index (κ3) is 3.19. The number of carboxylic acid groups (broad SMARTS) is 1. The van der Waals surface area contributed by atoms with E-state index in [2.05, 4.69) is 10.1 Å². The van der Waals surface area contributed by atoms with Crippen molar-refractivity contribution in [2.45, 2.75) is 19.0 Å². The lowest BCUT2D eigenvalue weighted by Crippen LogP contribution is -2.36. The second-order valence-corrected chi connectivity index (χ2v) is 3.33. The molecule has 1 saturated heterocycles. The van der Waals surface area contributed by atoms with Crippen molar-refractivity contribution >= 4 is 5.97 Å². The zero-order chi connectivity index (χ0) is 10.6. The maximum Gasteiger partial charge on any atom is 0.455 e. The molecule has 14 heavy (non-hydrogen) atoms. The van der Waals surface area contributed by atoms with E-state index >= 15 is 0 Å². The summed E-state index contributed by atoms with van der Waals surface area (Å²) < 4.78 is 29.0. The van der Waals surface area contributed by atoms with Gasteiger partial charge in [-0.25, -0.2) is 4.79 Å². The lowest BCUT2D eigenvalue weighted by molar-refractivity contribution is -0.249. The lowest BCUT2D eigenvalue weighted by Gasteiger charge is -2.23. The predicted molar refractivity (Wildman–Crippen MR) is 44.1 cm³/mol. The Morgan fingerprint density at radius 3 is 2.57 bits per heavy atom. The smallest absolute Gasteiger partial charge is 0.455 e. The van der Waals surface area contributed by atoms with E-state index < -0.39 is 12.1 Å². The van der Waals surface area contributed by atoms with Crippen LogP contribution in [0.4, 0.5) is 8.78 Å². The molecular formula is C8H13F2NO3. The molecule has 82 valence electrons. The third-order valence-corrected chi connectivity index (χ3v) is 2.21. The molecular weight excluding hydrogens is 196 g/mol. The number of piperidine rings is 1. The zero-order valence-corrected chi connectivity index (χ0v) is 7.63. The lowest BCUT2D eigenvalue weighted by atomic mass is 9.99. The summed E-state index contributed by atoms with van der Waals surface area (Å²) in [6.45, 7) is 1.35. The molecule has 0 aromatic rings. The number of carboxylic acids is 1. The van der Waals surface area contributed by atoms with Gasteiger partial charge in [-0.3, -0.25) is 0 Å². The highest BCUT2D eigenvalue weighted by Crippen LogP contribution is 2.20. The number of aliphatic carboxylic acids is 1. The standard InChI is InChI=1S/C8H13F2NO3/c9-8(10,7(12)13)14-5-6-1-3-11-4-2-6/h6,11H,1-5H2,(H,12,13). The van der Waals surface area contributed by atoms with Crippen molar-refractivity contribution in [1.82, 2.24) is 5.32 Å². The third-order valence-electron chi connectivity index (χ3n) is 2.21. The molecule has 0 unspecified atom stereocenters. The molecule has 0 aliphatic carbocycles. The van der Waals surface area contributed by atoms with Gasteiger partial charge in [0.15, 0.2) is 0 Å². The minimum Gasteiger partial charge on any atom is -0.475 e. The van der Waals surface area contributed by atoms with Crippen LogP contribution in [0.15, 0.2) is 0 Å². The molecule has 0 saturated carbocycles. The maximum absolute atomic E-state index is 12.5. The van der Waals surface area contributed by atoms with E-state index in [4.69, 9.17) is 5.11 Å². The van der Waals surface area contributed by atoms with Crippen LogP contribution in [-0.4, -0.2) is 36.9 Å². The van der Waals surface area contributed by atoms with Crippen LogP contribution in [0.5, 0.6) is 0 Å². The van der Waals surface area contributed by atoms with Gasteiger partial charge >= 0.3 is 12.1 Å². The average Bonchev–Trinajstić information content (AvgIpc) is 2.16. The molecule has 0 atom stereocenters. The molecule has 0 aromatic heterocycles. The fourth-order valence-electron chi connectivity index (χ4n) is 1.33. The van der Waals surface area contributed by atoms with Gasteiger partial charge in [0.2, 0.25) is 0 Å². The quantitative estimate of drug-likeness (QED) is 0.714. The summed E-state index contributed by atoms with van der Waals surface area (Å²) in [5.74, 6) is -2.20. The number of rotatable bonds is 4. The van der Waals surface area contributed by atoms with Crippen molar-refractivity contribution in [3.63, 3.8) is 0 Å². The number of halogens is 2. The summed E-state index contributed by atoms with van der Waals surface area (Å²) in [6, 6.07) is 0. The minimum absolute atomic E-state index is 0.0291. The summed E-state index contributed by atoms with van der Waals surface area (Å²) in [5.41, 5.74) is 0. The highest BCUT2D eigenvalue weighted by Gasteiger charge is 2.41. The number of hydrogen-bond donors (Lipinski definition) is 2. The highest BCUT2D eigenvalue weighted by atomic mass is 19.3. The van der Waals surface area contributed by atoms with E-state index in [1.54, 1.807) is 0 Å². The number of hydrogen-bond acceptors (Lipinski definition) is 3. The Morgan fingerprint density at radius 2 is 2.07 bits per heavy atom. The van der Waals surface area contributed by atoms with Crippen LogP contribution in [0.2, 0.25) is 0 Å². The number of carbonyl (C=O) groups is 1. The molecule has 6 heteroatoms. The average molecular weight is 209 g/mol. The maximum atomic E-state index is 12.5. The number of ether oxygens (including phenoxy) is 1. The molecule has 1 rings (SSSR count). The van der Waals surface area contributed by atoms with Crippen LogP contribution in [0.25, 0.3) is 0 Å². The first-order chi connectivity index (χ1) is 6.52. The van der Waals surface area contributed by atoms with Crippen LogP contribution in [0.1, 0.15) is 12.8 Å². The van der Waals surface area contributed by atoms with Gasteiger partial charge in [-0.15, -0.1) is 0 Å². The summed E-state index contributed by atoms with van der Waals surface area (Å²) in [7, 11) is 0.